The van der Waals surface area contributed by atoms with Gasteiger partial charge in [-0.2, -0.15) is 0 Å². The summed E-state index contributed by atoms with van der Waals surface area (Å²) in [5, 5.41) is 11.3. The molecule has 5 nitrogen and oxygen atoms in total. The summed E-state index contributed by atoms with van der Waals surface area (Å²) in [6, 6.07) is 5.18. The average molecular weight is 316 g/mol. The van der Waals surface area contributed by atoms with E-state index in [1.54, 1.807) is 12.1 Å². The van der Waals surface area contributed by atoms with Crippen LogP contribution in [0.4, 0.5) is 0 Å². The molecule has 0 saturated heterocycles. The van der Waals surface area contributed by atoms with Crippen LogP contribution in [0.1, 0.15) is 15.9 Å². The minimum absolute atomic E-state index is 0.0733. The molecular weight excluding hydrogens is 302 g/mol. The standard InChI is InChI=1S/C12H14BrNO4/c1-7-3-4-8(5-9(7)13)11(15)14-6-10(18-2)12(16)17/h3-5,10H,6H2,1-2H3,(H,14,15)(H,16,17). The van der Waals surface area contributed by atoms with Gasteiger partial charge >= 0.3 is 5.97 Å². The molecular formula is C12H14BrNO4. The molecule has 0 aliphatic rings. The van der Waals surface area contributed by atoms with E-state index < -0.39 is 12.1 Å². The third kappa shape index (κ3) is 3.82. The molecule has 0 saturated carbocycles. The van der Waals surface area contributed by atoms with Crippen LogP contribution in [-0.4, -0.2) is 36.7 Å². The second kappa shape index (κ2) is 6.51. The van der Waals surface area contributed by atoms with E-state index in [4.69, 9.17) is 9.84 Å². The van der Waals surface area contributed by atoms with Gasteiger partial charge in [0.25, 0.3) is 5.91 Å². The Hall–Kier alpha value is -1.40. The van der Waals surface area contributed by atoms with E-state index in [2.05, 4.69) is 21.2 Å². The van der Waals surface area contributed by atoms with Gasteiger partial charge in [0.2, 0.25) is 0 Å². The number of nitrogens with one attached hydrogen (secondary N) is 1. The molecule has 0 radical (unpaired) electrons. The number of carboxylic acid groups (broad SMARTS) is 1. The van der Waals surface area contributed by atoms with Gasteiger partial charge in [0, 0.05) is 17.1 Å². The van der Waals surface area contributed by atoms with Crippen LogP contribution in [-0.2, 0) is 9.53 Å². The minimum Gasteiger partial charge on any atom is -0.479 e. The maximum Gasteiger partial charge on any atom is 0.334 e. The molecule has 6 heteroatoms. The summed E-state index contributed by atoms with van der Waals surface area (Å²) in [5.41, 5.74) is 1.49. The maximum absolute atomic E-state index is 11.8. The number of aliphatic carboxylic acids is 1. The first-order chi connectivity index (χ1) is 8.45. The molecule has 1 rings (SSSR count). The molecule has 0 aliphatic carbocycles. The van der Waals surface area contributed by atoms with E-state index in [0.29, 0.717) is 5.56 Å². The molecule has 0 aromatic heterocycles. The number of aryl methyl sites for hydroxylation is 1. The quantitative estimate of drug-likeness (QED) is 0.865. The summed E-state index contributed by atoms with van der Waals surface area (Å²) in [4.78, 5) is 22.5. The maximum atomic E-state index is 11.8. The molecule has 0 spiro atoms. The second-order valence-corrected chi connectivity index (χ2v) is 4.59. The molecule has 0 heterocycles. The highest BCUT2D eigenvalue weighted by Gasteiger charge is 2.17. The van der Waals surface area contributed by atoms with Crippen molar-refractivity contribution in [1.82, 2.24) is 5.32 Å². The number of hydrogen-bond acceptors (Lipinski definition) is 3. The number of carbonyl (C=O) groups excluding carboxylic acids is 1. The number of carboxylic acids is 1. The molecule has 98 valence electrons. The Bertz CT molecular complexity index is 461. The largest absolute Gasteiger partial charge is 0.479 e. The number of rotatable bonds is 5. The number of carbonyl (C=O) groups is 2. The summed E-state index contributed by atoms with van der Waals surface area (Å²) >= 11 is 3.33. The number of amides is 1. The summed E-state index contributed by atoms with van der Waals surface area (Å²) in [7, 11) is 1.29. The van der Waals surface area contributed by atoms with Crippen molar-refractivity contribution in [2.45, 2.75) is 13.0 Å². The van der Waals surface area contributed by atoms with Gasteiger partial charge in [-0.3, -0.25) is 4.79 Å². The summed E-state index contributed by atoms with van der Waals surface area (Å²) in [5.74, 6) is -1.44. The molecule has 2 N–H and O–H groups in total. The Labute approximate surface area is 113 Å². The number of hydrogen-bond donors (Lipinski definition) is 2. The third-order valence-corrected chi connectivity index (χ3v) is 3.30. The Morgan fingerprint density at radius 1 is 1.50 bits per heavy atom. The van der Waals surface area contributed by atoms with Gasteiger partial charge in [0.1, 0.15) is 0 Å². The predicted molar refractivity (Wildman–Crippen MR) is 69.6 cm³/mol. The van der Waals surface area contributed by atoms with Gasteiger partial charge in [-0.1, -0.05) is 22.0 Å². The van der Waals surface area contributed by atoms with E-state index >= 15 is 0 Å². The van der Waals surface area contributed by atoms with Crippen LogP contribution < -0.4 is 5.32 Å². The Morgan fingerprint density at radius 3 is 2.67 bits per heavy atom. The highest BCUT2D eigenvalue weighted by Crippen LogP contribution is 2.17. The van der Waals surface area contributed by atoms with Gasteiger partial charge in [-0.15, -0.1) is 0 Å². The van der Waals surface area contributed by atoms with Gasteiger partial charge in [-0.05, 0) is 24.6 Å². The Balaban J connectivity index is 2.65. The number of methoxy groups -OCH3 is 1. The Morgan fingerprint density at radius 2 is 2.17 bits per heavy atom. The van der Waals surface area contributed by atoms with E-state index in [-0.39, 0.29) is 12.5 Å². The molecule has 1 amide bonds. The third-order valence-electron chi connectivity index (χ3n) is 2.44. The van der Waals surface area contributed by atoms with Crippen molar-refractivity contribution < 1.29 is 19.4 Å². The van der Waals surface area contributed by atoms with Crippen molar-refractivity contribution >= 4 is 27.8 Å². The zero-order chi connectivity index (χ0) is 13.7. The normalized spacial score (nSPS) is 11.9. The first kappa shape index (κ1) is 14.7. The second-order valence-electron chi connectivity index (χ2n) is 3.74. The SMILES string of the molecule is COC(CNC(=O)c1ccc(C)c(Br)c1)C(=O)O. The fraction of sp³-hybridized carbons (Fsp3) is 0.333. The molecule has 0 bridgehead atoms. The summed E-state index contributed by atoms with van der Waals surface area (Å²) in [6.45, 7) is 1.84. The highest BCUT2D eigenvalue weighted by molar-refractivity contribution is 9.10. The van der Waals surface area contributed by atoms with Gasteiger partial charge < -0.3 is 15.2 Å². The lowest BCUT2D eigenvalue weighted by Crippen LogP contribution is -2.37. The lowest BCUT2D eigenvalue weighted by Gasteiger charge is -2.11. The molecule has 1 aromatic carbocycles. The molecule has 18 heavy (non-hydrogen) atoms. The lowest BCUT2D eigenvalue weighted by molar-refractivity contribution is -0.148. The van der Waals surface area contributed by atoms with Crippen molar-refractivity contribution in [3.63, 3.8) is 0 Å². The minimum atomic E-state index is -1.11. The van der Waals surface area contributed by atoms with E-state index in [1.165, 1.54) is 7.11 Å². The van der Waals surface area contributed by atoms with Gasteiger partial charge in [0.15, 0.2) is 6.10 Å². The molecule has 0 aliphatic heterocycles. The van der Waals surface area contributed by atoms with Gasteiger partial charge in [0.05, 0.1) is 6.54 Å². The highest BCUT2D eigenvalue weighted by atomic mass is 79.9. The number of halogens is 1. The zero-order valence-corrected chi connectivity index (χ0v) is 11.7. The van der Waals surface area contributed by atoms with Crippen LogP contribution in [0.15, 0.2) is 22.7 Å². The van der Waals surface area contributed by atoms with Crippen LogP contribution in [0.3, 0.4) is 0 Å². The molecule has 1 atom stereocenters. The number of benzene rings is 1. The monoisotopic (exact) mass is 315 g/mol. The van der Waals surface area contributed by atoms with E-state index in [9.17, 15) is 9.59 Å². The zero-order valence-electron chi connectivity index (χ0n) is 10.1. The topological polar surface area (TPSA) is 75.6 Å². The molecule has 0 fully saturated rings. The smallest absolute Gasteiger partial charge is 0.334 e. The first-order valence-corrected chi connectivity index (χ1v) is 6.05. The van der Waals surface area contributed by atoms with Crippen molar-refractivity contribution in [2.75, 3.05) is 13.7 Å². The van der Waals surface area contributed by atoms with Crippen LogP contribution in [0, 0.1) is 6.92 Å². The summed E-state index contributed by atoms with van der Waals surface area (Å²) < 4.78 is 5.55. The predicted octanol–water partition coefficient (Wildman–Crippen LogP) is 1.59. The summed E-state index contributed by atoms with van der Waals surface area (Å²) in [6.07, 6.45) is -1.04. The average Bonchev–Trinajstić information content (AvgIpc) is 2.32. The van der Waals surface area contributed by atoms with E-state index in [1.807, 2.05) is 13.0 Å². The fourth-order valence-corrected chi connectivity index (χ4v) is 1.67. The first-order valence-electron chi connectivity index (χ1n) is 5.25. The van der Waals surface area contributed by atoms with Crippen molar-refractivity contribution in [3.8, 4) is 0 Å². The van der Waals surface area contributed by atoms with Crippen LogP contribution in [0.5, 0.6) is 0 Å². The van der Waals surface area contributed by atoms with Crippen molar-refractivity contribution in [1.29, 1.82) is 0 Å². The van der Waals surface area contributed by atoms with Crippen LogP contribution in [0.25, 0.3) is 0 Å². The van der Waals surface area contributed by atoms with Crippen LogP contribution >= 0.6 is 15.9 Å². The molecule has 1 unspecified atom stereocenters. The lowest BCUT2D eigenvalue weighted by atomic mass is 10.1. The van der Waals surface area contributed by atoms with Gasteiger partial charge in [-0.25, -0.2) is 4.79 Å². The molecule has 1 aromatic rings. The Kier molecular flexibility index (Phi) is 5.30. The fourth-order valence-electron chi connectivity index (χ4n) is 1.29. The van der Waals surface area contributed by atoms with Crippen LogP contribution in [0.2, 0.25) is 0 Å². The van der Waals surface area contributed by atoms with Crippen molar-refractivity contribution in [3.05, 3.63) is 33.8 Å². The van der Waals surface area contributed by atoms with Crippen molar-refractivity contribution in [2.24, 2.45) is 0 Å². The van der Waals surface area contributed by atoms with E-state index in [0.717, 1.165) is 10.0 Å². The number of ether oxygens (including phenoxy) is 1.